The number of hydrogen-bond acceptors (Lipinski definition) is 2. The molecule has 2 nitrogen and oxygen atoms in total. The van der Waals surface area contributed by atoms with E-state index in [0.29, 0.717) is 13.2 Å². The van der Waals surface area contributed by atoms with Crippen LogP contribution in [0.3, 0.4) is 0 Å². The summed E-state index contributed by atoms with van der Waals surface area (Å²) in [6, 6.07) is 7.80. The van der Waals surface area contributed by atoms with Crippen molar-refractivity contribution in [2.45, 2.75) is 13.5 Å². The fourth-order valence-electron chi connectivity index (χ4n) is 1.11. The fourth-order valence-corrected chi connectivity index (χ4v) is 1.11. The summed E-state index contributed by atoms with van der Waals surface area (Å²) in [5.74, 6) is 5.52. The predicted molar refractivity (Wildman–Crippen MR) is 55.7 cm³/mol. The molecule has 1 rings (SSSR count). The molecule has 0 radical (unpaired) electrons. The highest BCUT2D eigenvalue weighted by Gasteiger charge is 1.97. The first-order valence-electron chi connectivity index (χ1n) is 4.64. The number of hydrogen-bond donors (Lipinski definition) is 1. The molecule has 1 N–H and O–H groups in total. The number of benzene rings is 1. The SMILES string of the molecule is CCOCc1ccccc1C#CCO. The molecule has 0 saturated heterocycles. The fraction of sp³-hybridized carbons (Fsp3) is 0.333. The van der Waals surface area contributed by atoms with Crippen LogP contribution in [0.25, 0.3) is 0 Å². The Hall–Kier alpha value is -1.30. The molecule has 74 valence electrons. The molecule has 14 heavy (non-hydrogen) atoms. The lowest BCUT2D eigenvalue weighted by molar-refractivity contribution is 0.134. The Balaban J connectivity index is 2.80. The molecular formula is C12H14O2. The first kappa shape index (κ1) is 10.8. The van der Waals surface area contributed by atoms with Gasteiger partial charge in [0.2, 0.25) is 0 Å². The third kappa shape index (κ3) is 3.21. The molecule has 0 aromatic heterocycles. The van der Waals surface area contributed by atoms with Crippen LogP contribution < -0.4 is 0 Å². The van der Waals surface area contributed by atoms with Gasteiger partial charge in [-0.3, -0.25) is 0 Å². The normalized spacial score (nSPS) is 9.29. The van der Waals surface area contributed by atoms with E-state index in [4.69, 9.17) is 9.84 Å². The molecule has 0 heterocycles. The van der Waals surface area contributed by atoms with Crippen LogP contribution >= 0.6 is 0 Å². The average molecular weight is 190 g/mol. The van der Waals surface area contributed by atoms with Crippen molar-refractivity contribution in [3.8, 4) is 11.8 Å². The summed E-state index contributed by atoms with van der Waals surface area (Å²) in [6.07, 6.45) is 0. The highest BCUT2D eigenvalue weighted by Crippen LogP contribution is 2.08. The van der Waals surface area contributed by atoms with Crippen molar-refractivity contribution in [2.75, 3.05) is 13.2 Å². The van der Waals surface area contributed by atoms with Crippen LogP contribution in [0.5, 0.6) is 0 Å². The Morgan fingerprint density at radius 1 is 1.36 bits per heavy atom. The summed E-state index contributed by atoms with van der Waals surface area (Å²) >= 11 is 0. The van der Waals surface area contributed by atoms with E-state index in [9.17, 15) is 0 Å². The molecule has 2 heteroatoms. The van der Waals surface area contributed by atoms with Gasteiger partial charge in [0, 0.05) is 12.2 Å². The van der Waals surface area contributed by atoms with Crippen molar-refractivity contribution >= 4 is 0 Å². The minimum atomic E-state index is -0.108. The summed E-state index contributed by atoms with van der Waals surface area (Å²) in [5.41, 5.74) is 1.99. The zero-order valence-corrected chi connectivity index (χ0v) is 8.29. The van der Waals surface area contributed by atoms with Gasteiger partial charge in [0.1, 0.15) is 6.61 Å². The number of rotatable bonds is 3. The molecule has 1 aromatic rings. The van der Waals surface area contributed by atoms with E-state index in [1.54, 1.807) is 0 Å². The molecule has 0 spiro atoms. The van der Waals surface area contributed by atoms with E-state index in [-0.39, 0.29) is 6.61 Å². The summed E-state index contributed by atoms with van der Waals surface area (Å²) in [7, 11) is 0. The second-order valence-corrected chi connectivity index (χ2v) is 2.75. The maximum absolute atomic E-state index is 8.59. The third-order valence-electron chi connectivity index (χ3n) is 1.78. The van der Waals surface area contributed by atoms with Crippen molar-refractivity contribution < 1.29 is 9.84 Å². The van der Waals surface area contributed by atoms with E-state index in [1.165, 1.54) is 0 Å². The van der Waals surface area contributed by atoms with Crippen molar-refractivity contribution in [2.24, 2.45) is 0 Å². The van der Waals surface area contributed by atoms with Crippen LogP contribution in [0, 0.1) is 11.8 Å². The highest BCUT2D eigenvalue weighted by atomic mass is 16.5. The summed E-state index contributed by atoms with van der Waals surface area (Å²) in [5, 5.41) is 8.59. The molecule has 0 bridgehead atoms. The first-order chi connectivity index (χ1) is 6.88. The standard InChI is InChI=1S/C12H14O2/c1-2-14-10-12-7-4-3-6-11(12)8-5-9-13/h3-4,6-7,13H,2,9-10H2,1H3. The highest BCUT2D eigenvalue weighted by molar-refractivity contribution is 5.40. The quantitative estimate of drug-likeness (QED) is 0.733. The van der Waals surface area contributed by atoms with Gasteiger partial charge in [-0.1, -0.05) is 30.0 Å². The number of ether oxygens (including phenoxy) is 1. The number of aliphatic hydroxyl groups excluding tert-OH is 1. The Morgan fingerprint density at radius 3 is 2.86 bits per heavy atom. The minimum absolute atomic E-state index is 0.108. The van der Waals surface area contributed by atoms with Crippen molar-refractivity contribution in [3.05, 3.63) is 35.4 Å². The van der Waals surface area contributed by atoms with Gasteiger partial charge >= 0.3 is 0 Å². The van der Waals surface area contributed by atoms with E-state index < -0.39 is 0 Å². The van der Waals surface area contributed by atoms with Gasteiger partial charge in [0.15, 0.2) is 0 Å². The van der Waals surface area contributed by atoms with Crippen LogP contribution in [0.1, 0.15) is 18.1 Å². The topological polar surface area (TPSA) is 29.5 Å². The van der Waals surface area contributed by atoms with E-state index in [0.717, 1.165) is 11.1 Å². The molecular weight excluding hydrogens is 176 g/mol. The molecule has 0 amide bonds. The molecule has 0 aliphatic carbocycles. The van der Waals surface area contributed by atoms with Gasteiger partial charge in [0.25, 0.3) is 0 Å². The van der Waals surface area contributed by atoms with Gasteiger partial charge < -0.3 is 9.84 Å². The van der Waals surface area contributed by atoms with Crippen LogP contribution in [0.2, 0.25) is 0 Å². The lowest BCUT2D eigenvalue weighted by Gasteiger charge is -2.03. The summed E-state index contributed by atoms with van der Waals surface area (Å²) < 4.78 is 5.31. The largest absolute Gasteiger partial charge is 0.384 e. The van der Waals surface area contributed by atoms with E-state index in [2.05, 4.69) is 11.8 Å². The average Bonchev–Trinajstić information content (AvgIpc) is 2.24. The smallest absolute Gasteiger partial charge is 0.104 e. The Kier molecular flexibility index (Phi) is 4.77. The minimum Gasteiger partial charge on any atom is -0.384 e. The Bertz CT molecular complexity index is 334. The predicted octanol–water partition coefficient (Wildman–Crippen LogP) is 1.57. The monoisotopic (exact) mass is 190 g/mol. The summed E-state index contributed by atoms with van der Waals surface area (Å²) in [4.78, 5) is 0. The van der Waals surface area contributed by atoms with Crippen molar-refractivity contribution in [3.63, 3.8) is 0 Å². The molecule has 1 aromatic carbocycles. The molecule has 0 unspecified atom stereocenters. The molecule has 0 fully saturated rings. The molecule has 0 aliphatic heterocycles. The lowest BCUT2D eigenvalue weighted by Crippen LogP contribution is -1.94. The second kappa shape index (κ2) is 6.20. The van der Waals surface area contributed by atoms with E-state index >= 15 is 0 Å². The summed E-state index contributed by atoms with van der Waals surface area (Å²) in [6.45, 7) is 3.12. The van der Waals surface area contributed by atoms with Gasteiger partial charge in [-0.05, 0) is 18.6 Å². The first-order valence-corrected chi connectivity index (χ1v) is 4.64. The lowest BCUT2D eigenvalue weighted by atomic mass is 10.1. The maximum atomic E-state index is 8.59. The van der Waals surface area contributed by atoms with Gasteiger partial charge in [-0.2, -0.15) is 0 Å². The van der Waals surface area contributed by atoms with Crippen LogP contribution in [-0.2, 0) is 11.3 Å². The van der Waals surface area contributed by atoms with Crippen LogP contribution in [0.4, 0.5) is 0 Å². The number of aliphatic hydroxyl groups is 1. The van der Waals surface area contributed by atoms with Crippen molar-refractivity contribution in [1.29, 1.82) is 0 Å². The molecule has 0 aliphatic rings. The maximum Gasteiger partial charge on any atom is 0.104 e. The second-order valence-electron chi connectivity index (χ2n) is 2.75. The van der Waals surface area contributed by atoms with E-state index in [1.807, 2.05) is 31.2 Å². The van der Waals surface area contributed by atoms with Crippen LogP contribution in [-0.4, -0.2) is 18.3 Å². The van der Waals surface area contributed by atoms with Crippen LogP contribution in [0.15, 0.2) is 24.3 Å². The van der Waals surface area contributed by atoms with Gasteiger partial charge in [-0.25, -0.2) is 0 Å². The van der Waals surface area contributed by atoms with Gasteiger partial charge in [0.05, 0.1) is 6.61 Å². The third-order valence-corrected chi connectivity index (χ3v) is 1.78. The Morgan fingerprint density at radius 2 is 2.14 bits per heavy atom. The van der Waals surface area contributed by atoms with Gasteiger partial charge in [-0.15, -0.1) is 0 Å². The zero-order valence-electron chi connectivity index (χ0n) is 8.29. The zero-order chi connectivity index (χ0) is 10.2. The van der Waals surface area contributed by atoms with Crippen molar-refractivity contribution in [1.82, 2.24) is 0 Å². The molecule has 0 atom stereocenters. The molecule has 0 saturated carbocycles. The Labute approximate surface area is 84.5 Å².